The van der Waals surface area contributed by atoms with Gasteiger partial charge in [0.05, 0.1) is 29.8 Å². The van der Waals surface area contributed by atoms with Crippen molar-refractivity contribution in [3.8, 4) is 28.7 Å². The monoisotopic (exact) mass is 453 g/mol. The zero-order valence-corrected chi connectivity index (χ0v) is 18.4. The van der Waals surface area contributed by atoms with Gasteiger partial charge in [0.1, 0.15) is 13.2 Å². The largest absolute Gasteiger partial charge is 0.486 e. The van der Waals surface area contributed by atoms with Gasteiger partial charge < -0.3 is 24.9 Å². The van der Waals surface area contributed by atoms with Crippen LogP contribution in [0, 0.1) is 11.3 Å². The zero-order valence-electron chi connectivity index (χ0n) is 18.4. The maximum atomic E-state index is 13.4. The Morgan fingerprint density at radius 2 is 1.88 bits per heavy atom. The number of rotatable bonds is 6. The van der Waals surface area contributed by atoms with Crippen LogP contribution in [0.5, 0.6) is 11.5 Å². The van der Waals surface area contributed by atoms with E-state index in [1.54, 1.807) is 18.2 Å². The molecule has 0 radical (unpaired) electrons. The van der Waals surface area contributed by atoms with Crippen LogP contribution in [0.4, 0.5) is 0 Å². The Labute approximate surface area is 196 Å². The van der Waals surface area contributed by atoms with E-state index in [9.17, 15) is 9.90 Å². The highest BCUT2D eigenvalue weighted by molar-refractivity contribution is 5.99. The van der Waals surface area contributed by atoms with E-state index in [2.05, 4.69) is 16.4 Å². The van der Waals surface area contributed by atoms with Crippen LogP contribution in [-0.2, 0) is 6.42 Å². The van der Waals surface area contributed by atoms with Crippen molar-refractivity contribution in [2.45, 2.75) is 12.5 Å². The number of carbonyl (C=O) groups is 1. The van der Waals surface area contributed by atoms with Crippen LogP contribution in [-0.4, -0.2) is 41.9 Å². The number of nitriles is 1. The SMILES string of the molecule is N#Cc1ccc(-c2cc3c(c(C(=O)N[C@@H](CO)Cc4c[nH]c5ccccc45)c2)OCCO3)cc1. The molecular weight excluding hydrogens is 430 g/mol. The molecule has 4 aromatic rings. The van der Waals surface area contributed by atoms with Crippen molar-refractivity contribution in [3.63, 3.8) is 0 Å². The van der Waals surface area contributed by atoms with Crippen molar-refractivity contribution in [3.05, 3.63) is 83.6 Å². The minimum atomic E-state index is -0.481. The molecule has 34 heavy (non-hydrogen) atoms. The summed E-state index contributed by atoms with van der Waals surface area (Å²) in [4.78, 5) is 16.6. The van der Waals surface area contributed by atoms with Gasteiger partial charge in [0.15, 0.2) is 11.5 Å². The van der Waals surface area contributed by atoms with Gasteiger partial charge in [-0.1, -0.05) is 30.3 Å². The normalized spacial score (nSPS) is 13.3. The molecule has 0 bridgehead atoms. The Morgan fingerprint density at radius 3 is 2.68 bits per heavy atom. The number of para-hydroxylation sites is 1. The van der Waals surface area contributed by atoms with E-state index >= 15 is 0 Å². The summed E-state index contributed by atoms with van der Waals surface area (Å²) >= 11 is 0. The van der Waals surface area contributed by atoms with E-state index in [0.717, 1.165) is 27.6 Å². The molecule has 0 spiro atoms. The molecule has 0 aliphatic carbocycles. The fraction of sp³-hybridized carbons (Fsp3) is 0.185. The number of H-pyrrole nitrogens is 1. The van der Waals surface area contributed by atoms with Crippen molar-refractivity contribution >= 4 is 16.8 Å². The smallest absolute Gasteiger partial charge is 0.255 e. The molecule has 1 aromatic heterocycles. The fourth-order valence-electron chi connectivity index (χ4n) is 4.22. The lowest BCUT2D eigenvalue weighted by atomic mass is 9.99. The van der Waals surface area contributed by atoms with Gasteiger partial charge in [0.2, 0.25) is 0 Å². The van der Waals surface area contributed by atoms with Gasteiger partial charge in [-0.05, 0) is 53.4 Å². The molecule has 0 saturated heterocycles. The van der Waals surface area contributed by atoms with Crippen LogP contribution in [0.1, 0.15) is 21.5 Å². The number of aliphatic hydroxyl groups is 1. The van der Waals surface area contributed by atoms with Crippen molar-refractivity contribution in [1.29, 1.82) is 5.26 Å². The number of nitrogens with one attached hydrogen (secondary N) is 2. The third-order valence-corrected chi connectivity index (χ3v) is 5.93. The topological polar surface area (TPSA) is 107 Å². The van der Waals surface area contributed by atoms with Gasteiger partial charge in [-0.2, -0.15) is 5.26 Å². The minimum Gasteiger partial charge on any atom is -0.486 e. The zero-order chi connectivity index (χ0) is 23.5. The van der Waals surface area contributed by atoms with Crippen LogP contribution in [0.15, 0.2) is 66.9 Å². The maximum Gasteiger partial charge on any atom is 0.255 e. The number of aromatic nitrogens is 1. The molecule has 0 unspecified atom stereocenters. The second-order valence-corrected chi connectivity index (χ2v) is 8.15. The Balaban J connectivity index is 1.44. The first-order valence-corrected chi connectivity index (χ1v) is 11.1. The third kappa shape index (κ3) is 4.19. The lowest BCUT2D eigenvalue weighted by Crippen LogP contribution is -2.39. The summed E-state index contributed by atoms with van der Waals surface area (Å²) < 4.78 is 11.6. The highest BCUT2D eigenvalue weighted by Gasteiger charge is 2.24. The van der Waals surface area contributed by atoms with Crippen molar-refractivity contribution in [1.82, 2.24) is 10.3 Å². The number of hydrogen-bond donors (Lipinski definition) is 3. The molecule has 1 aliphatic rings. The van der Waals surface area contributed by atoms with Gasteiger partial charge in [0.25, 0.3) is 5.91 Å². The van der Waals surface area contributed by atoms with Gasteiger partial charge in [0, 0.05) is 17.1 Å². The van der Waals surface area contributed by atoms with Crippen LogP contribution < -0.4 is 14.8 Å². The average Bonchev–Trinajstić information content (AvgIpc) is 3.30. The summed E-state index contributed by atoms with van der Waals surface area (Å²) in [6.07, 6.45) is 2.38. The van der Waals surface area contributed by atoms with Crippen LogP contribution in [0.25, 0.3) is 22.0 Å². The predicted octanol–water partition coefficient (Wildman–Crippen LogP) is 3.81. The number of hydrogen-bond acceptors (Lipinski definition) is 5. The Hall–Kier alpha value is -4.28. The minimum absolute atomic E-state index is 0.208. The third-order valence-electron chi connectivity index (χ3n) is 5.93. The first-order valence-electron chi connectivity index (χ1n) is 11.1. The molecule has 3 aromatic carbocycles. The molecule has 0 saturated carbocycles. The number of carbonyl (C=O) groups excluding carboxylic acids is 1. The molecule has 1 atom stereocenters. The first-order chi connectivity index (χ1) is 16.7. The van der Waals surface area contributed by atoms with Crippen LogP contribution in [0.2, 0.25) is 0 Å². The van der Waals surface area contributed by atoms with Gasteiger partial charge in [-0.15, -0.1) is 0 Å². The van der Waals surface area contributed by atoms with Crippen molar-refractivity contribution < 1.29 is 19.4 Å². The molecule has 1 aliphatic heterocycles. The fourth-order valence-corrected chi connectivity index (χ4v) is 4.22. The summed E-state index contributed by atoms with van der Waals surface area (Å²) in [5.41, 5.74) is 4.55. The Bertz CT molecular complexity index is 1390. The Kier molecular flexibility index (Phi) is 5.90. The molecule has 2 heterocycles. The quantitative estimate of drug-likeness (QED) is 0.412. The highest BCUT2D eigenvalue weighted by atomic mass is 16.6. The molecule has 170 valence electrons. The highest BCUT2D eigenvalue weighted by Crippen LogP contribution is 2.38. The summed E-state index contributed by atoms with van der Waals surface area (Å²) in [6, 6.07) is 20.3. The molecule has 1 amide bonds. The van der Waals surface area contributed by atoms with E-state index in [0.29, 0.717) is 42.3 Å². The lowest BCUT2D eigenvalue weighted by molar-refractivity contribution is 0.0906. The van der Waals surface area contributed by atoms with Gasteiger partial charge in [-0.3, -0.25) is 4.79 Å². The average molecular weight is 453 g/mol. The van der Waals surface area contributed by atoms with E-state index in [4.69, 9.17) is 14.7 Å². The molecule has 7 nitrogen and oxygen atoms in total. The molecule has 7 heteroatoms. The predicted molar refractivity (Wildman–Crippen MR) is 128 cm³/mol. The number of nitrogens with zero attached hydrogens (tertiary/aromatic N) is 1. The molecular formula is C27H23N3O4. The number of aromatic amines is 1. The van der Waals surface area contributed by atoms with E-state index in [-0.39, 0.29) is 12.5 Å². The van der Waals surface area contributed by atoms with Crippen LogP contribution in [0.3, 0.4) is 0 Å². The van der Waals surface area contributed by atoms with E-state index < -0.39 is 6.04 Å². The lowest BCUT2D eigenvalue weighted by Gasteiger charge is -2.23. The summed E-state index contributed by atoms with van der Waals surface area (Å²) in [7, 11) is 0. The van der Waals surface area contributed by atoms with Crippen molar-refractivity contribution in [2.75, 3.05) is 19.8 Å². The summed E-state index contributed by atoms with van der Waals surface area (Å²) in [5.74, 6) is 0.538. The molecule has 0 fully saturated rings. The number of ether oxygens (including phenoxy) is 2. The number of fused-ring (bicyclic) bond motifs is 2. The standard InChI is InChI=1S/C27H23N3O4/c28-14-17-5-7-18(8-6-17)19-12-23(26-25(13-19)33-9-10-34-26)27(32)30-21(16-31)11-20-15-29-24-4-2-1-3-22(20)24/h1-8,12-13,15,21,29,31H,9-11,16H2,(H,30,32)/t21-/m1/s1. The second-order valence-electron chi connectivity index (χ2n) is 8.15. The second kappa shape index (κ2) is 9.30. The number of benzene rings is 3. The Morgan fingerprint density at radius 1 is 1.09 bits per heavy atom. The number of amides is 1. The van der Waals surface area contributed by atoms with Crippen LogP contribution >= 0.6 is 0 Å². The van der Waals surface area contributed by atoms with Crippen molar-refractivity contribution in [2.24, 2.45) is 0 Å². The van der Waals surface area contributed by atoms with Gasteiger partial charge >= 0.3 is 0 Å². The maximum absolute atomic E-state index is 13.4. The van der Waals surface area contributed by atoms with Gasteiger partial charge in [-0.25, -0.2) is 0 Å². The molecule has 5 rings (SSSR count). The number of aliphatic hydroxyl groups excluding tert-OH is 1. The first kappa shape index (κ1) is 21.6. The van der Waals surface area contributed by atoms with E-state index in [1.807, 2.05) is 48.7 Å². The van der Waals surface area contributed by atoms with E-state index in [1.165, 1.54) is 0 Å². The summed E-state index contributed by atoms with van der Waals surface area (Å²) in [5, 5.41) is 23.1. The molecule has 3 N–H and O–H groups in total. The summed E-state index contributed by atoms with van der Waals surface area (Å²) in [6.45, 7) is 0.535.